The van der Waals surface area contributed by atoms with E-state index in [0.717, 1.165) is 35.8 Å². The van der Waals surface area contributed by atoms with Gasteiger partial charge in [-0.2, -0.15) is 27.1 Å². The van der Waals surface area contributed by atoms with Crippen LogP contribution in [0.25, 0.3) is 5.65 Å². The van der Waals surface area contributed by atoms with Crippen molar-refractivity contribution in [3.8, 4) is 0 Å². The van der Waals surface area contributed by atoms with Gasteiger partial charge in [0.05, 0.1) is 12.2 Å². The van der Waals surface area contributed by atoms with Gasteiger partial charge >= 0.3 is 18.1 Å². The second-order valence-electron chi connectivity index (χ2n) is 7.74. The fourth-order valence-electron chi connectivity index (χ4n) is 3.82. The maximum atomic E-state index is 14.1. The summed E-state index contributed by atoms with van der Waals surface area (Å²) >= 11 is 1.21. The van der Waals surface area contributed by atoms with Crippen LogP contribution < -0.4 is 5.32 Å². The van der Waals surface area contributed by atoms with Crippen molar-refractivity contribution >= 4 is 33.9 Å². The minimum absolute atomic E-state index is 0.103. The number of carbonyl (C=O) groups is 2. The van der Waals surface area contributed by atoms with Crippen LogP contribution in [-0.2, 0) is 23.5 Å². The largest absolute Gasteiger partial charge is 0.462 e. The number of fused-ring (bicyclic) bond motifs is 2. The summed E-state index contributed by atoms with van der Waals surface area (Å²) < 4.78 is 72.6. The summed E-state index contributed by atoms with van der Waals surface area (Å²) in [5.74, 6) is -6.70. The molecule has 0 fully saturated rings. The van der Waals surface area contributed by atoms with Gasteiger partial charge in [0.15, 0.2) is 11.3 Å². The van der Waals surface area contributed by atoms with Crippen LogP contribution in [0.2, 0.25) is 0 Å². The molecule has 7 nitrogen and oxygen atoms in total. The van der Waals surface area contributed by atoms with Crippen molar-refractivity contribution in [1.29, 1.82) is 0 Å². The molecule has 0 saturated heterocycles. The van der Waals surface area contributed by atoms with E-state index < -0.39 is 35.4 Å². The van der Waals surface area contributed by atoms with Gasteiger partial charge in [0.25, 0.3) is 5.91 Å². The van der Waals surface area contributed by atoms with Gasteiger partial charge in [-0.05, 0) is 51.2 Å². The number of anilines is 1. The minimum Gasteiger partial charge on any atom is -0.462 e. The van der Waals surface area contributed by atoms with Crippen LogP contribution in [0.5, 0.6) is 0 Å². The number of hydrogen-bond acceptors (Lipinski definition) is 6. The molecule has 4 rings (SSSR count). The fraction of sp³-hybridized carbons (Fsp3) is 0.429. The van der Waals surface area contributed by atoms with Crippen molar-refractivity contribution in [2.24, 2.45) is 0 Å². The molecule has 1 amide bonds. The van der Waals surface area contributed by atoms with Gasteiger partial charge in [-0.1, -0.05) is 0 Å². The van der Waals surface area contributed by atoms with Crippen LogP contribution >= 0.6 is 11.3 Å². The molecule has 13 heteroatoms. The fourth-order valence-corrected chi connectivity index (χ4v) is 5.09. The molecule has 0 unspecified atom stereocenters. The normalized spacial score (nSPS) is 14.2. The molecule has 0 bridgehead atoms. The summed E-state index contributed by atoms with van der Waals surface area (Å²) in [7, 11) is 0. The molecule has 0 atom stereocenters. The lowest BCUT2D eigenvalue weighted by atomic mass is 9.95. The number of amides is 1. The second-order valence-corrected chi connectivity index (χ2v) is 8.85. The van der Waals surface area contributed by atoms with Crippen molar-refractivity contribution in [3.05, 3.63) is 45.2 Å². The van der Waals surface area contributed by atoms with Gasteiger partial charge < -0.3 is 10.1 Å². The van der Waals surface area contributed by atoms with Crippen LogP contribution in [0, 0.1) is 6.92 Å². The monoisotopic (exact) mass is 502 g/mol. The number of ether oxygens (including phenoxy) is 1. The summed E-state index contributed by atoms with van der Waals surface area (Å²) in [6.07, 6.45) is -2.69. The number of esters is 1. The van der Waals surface area contributed by atoms with Crippen LogP contribution in [0.3, 0.4) is 0 Å². The highest BCUT2D eigenvalue weighted by molar-refractivity contribution is 7.17. The first kappa shape index (κ1) is 24.0. The number of carbonyl (C=O) groups excluding carboxylic acids is 2. The predicted octanol–water partition coefficient (Wildman–Crippen LogP) is 5.06. The Kier molecular flexibility index (Phi) is 6.08. The molecule has 1 N–H and O–H groups in total. The lowest BCUT2D eigenvalue weighted by molar-refractivity contribution is -0.291. The zero-order valence-corrected chi connectivity index (χ0v) is 18.9. The predicted molar refractivity (Wildman–Crippen MR) is 113 cm³/mol. The van der Waals surface area contributed by atoms with E-state index in [4.69, 9.17) is 4.74 Å². The van der Waals surface area contributed by atoms with Gasteiger partial charge in [0, 0.05) is 16.6 Å². The van der Waals surface area contributed by atoms with Crippen LogP contribution in [0.4, 0.5) is 27.0 Å². The Morgan fingerprint density at radius 3 is 2.56 bits per heavy atom. The van der Waals surface area contributed by atoms with E-state index >= 15 is 0 Å². The first-order valence-corrected chi connectivity index (χ1v) is 11.2. The number of alkyl halides is 5. The van der Waals surface area contributed by atoms with Gasteiger partial charge in [-0.15, -0.1) is 11.3 Å². The van der Waals surface area contributed by atoms with Crippen molar-refractivity contribution in [3.63, 3.8) is 0 Å². The van der Waals surface area contributed by atoms with Gasteiger partial charge in [-0.3, -0.25) is 4.79 Å². The first-order chi connectivity index (χ1) is 15.9. The summed E-state index contributed by atoms with van der Waals surface area (Å²) in [6.45, 7) is 3.03. The number of aromatic nitrogens is 3. The zero-order chi connectivity index (χ0) is 24.8. The van der Waals surface area contributed by atoms with Crippen molar-refractivity contribution < 1.29 is 36.3 Å². The third kappa shape index (κ3) is 4.12. The number of hydrogen-bond donors (Lipinski definition) is 1. The van der Waals surface area contributed by atoms with Crippen LogP contribution in [0.1, 0.15) is 62.4 Å². The van der Waals surface area contributed by atoms with Crippen LogP contribution in [0.15, 0.2) is 12.1 Å². The highest BCUT2D eigenvalue weighted by Crippen LogP contribution is 2.44. The molecule has 3 heterocycles. The number of thiophene rings is 1. The number of aryl methyl sites for hydroxylation is 2. The molecule has 0 radical (unpaired) electrons. The van der Waals surface area contributed by atoms with Gasteiger partial charge in [-0.25, -0.2) is 14.3 Å². The standard InChI is InChI=1S/C21H19F5N4O3S/c1-3-33-19(32)16-11-6-4-5-7-13(11)34-18(16)28-17(31)12-9-15-27-10(2)8-14(30(15)29-12)20(22,23)21(24,25)26/h8-9H,3-7H2,1-2H3,(H,28,31). The molecular formula is C21H19F5N4O3S. The molecular weight excluding hydrogens is 483 g/mol. The molecule has 34 heavy (non-hydrogen) atoms. The Labute approximate surface area is 193 Å². The number of halogens is 5. The SMILES string of the molecule is CCOC(=O)c1c(NC(=O)c2cc3nc(C)cc(C(F)(F)C(F)(F)F)n3n2)sc2c1CCCC2. The van der Waals surface area contributed by atoms with Gasteiger partial charge in [0.1, 0.15) is 10.7 Å². The molecule has 3 aromatic heterocycles. The van der Waals surface area contributed by atoms with E-state index in [1.54, 1.807) is 6.92 Å². The summed E-state index contributed by atoms with van der Waals surface area (Å²) in [5.41, 5.74) is -1.31. The smallest absolute Gasteiger partial charge is 0.459 e. The topological polar surface area (TPSA) is 85.6 Å². The molecule has 0 spiro atoms. The third-order valence-electron chi connectivity index (χ3n) is 5.34. The Hall–Kier alpha value is -3.09. The number of nitrogens with zero attached hydrogens (tertiary/aromatic N) is 3. The first-order valence-electron chi connectivity index (χ1n) is 10.4. The van der Waals surface area contributed by atoms with Crippen molar-refractivity contribution in [2.75, 3.05) is 11.9 Å². The molecule has 0 saturated carbocycles. The van der Waals surface area contributed by atoms with Crippen molar-refractivity contribution in [2.45, 2.75) is 51.6 Å². The summed E-state index contributed by atoms with van der Waals surface area (Å²) in [4.78, 5) is 30.3. The highest BCUT2D eigenvalue weighted by atomic mass is 32.1. The number of rotatable bonds is 5. The highest BCUT2D eigenvalue weighted by Gasteiger charge is 2.60. The molecule has 3 aromatic rings. The maximum Gasteiger partial charge on any atom is 0.459 e. The third-order valence-corrected chi connectivity index (χ3v) is 6.55. The summed E-state index contributed by atoms with van der Waals surface area (Å²) in [6, 6.07) is 1.58. The van der Waals surface area contributed by atoms with E-state index in [9.17, 15) is 31.5 Å². The van der Waals surface area contributed by atoms with Crippen LogP contribution in [-0.4, -0.2) is 39.3 Å². The average Bonchev–Trinajstić information content (AvgIpc) is 3.33. The molecule has 1 aliphatic rings. The van der Waals surface area contributed by atoms with E-state index in [1.165, 1.54) is 18.3 Å². The zero-order valence-electron chi connectivity index (χ0n) is 18.1. The molecule has 1 aliphatic carbocycles. The maximum absolute atomic E-state index is 14.1. The molecule has 0 aliphatic heterocycles. The van der Waals surface area contributed by atoms with E-state index in [1.807, 2.05) is 0 Å². The lowest BCUT2D eigenvalue weighted by Gasteiger charge is -2.20. The Morgan fingerprint density at radius 1 is 1.18 bits per heavy atom. The van der Waals surface area contributed by atoms with Crippen molar-refractivity contribution in [1.82, 2.24) is 14.6 Å². The quantitative estimate of drug-likeness (QED) is 0.389. The lowest BCUT2D eigenvalue weighted by Crippen LogP contribution is -2.36. The van der Waals surface area contributed by atoms with E-state index in [0.29, 0.717) is 17.0 Å². The Balaban J connectivity index is 1.73. The average molecular weight is 502 g/mol. The molecule has 182 valence electrons. The van der Waals surface area contributed by atoms with E-state index in [2.05, 4.69) is 15.4 Å². The Morgan fingerprint density at radius 2 is 1.88 bits per heavy atom. The summed E-state index contributed by atoms with van der Waals surface area (Å²) in [5, 5.41) is 6.45. The van der Waals surface area contributed by atoms with E-state index in [-0.39, 0.29) is 28.5 Å². The molecule has 0 aromatic carbocycles. The minimum atomic E-state index is -5.87. The second kappa shape index (κ2) is 8.60. The number of nitrogens with one attached hydrogen (secondary N) is 1. The van der Waals surface area contributed by atoms with Gasteiger partial charge in [0.2, 0.25) is 0 Å². The Bertz CT molecular complexity index is 1280.